The van der Waals surface area contributed by atoms with E-state index in [1.165, 1.54) is 0 Å². The monoisotopic (exact) mass is 353 g/mol. The normalized spacial score (nSPS) is 11.4. The number of benzene rings is 1. The maximum atomic E-state index is 12.5. The van der Waals surface area contributed by atoms with Gasteiger partial charge in [-0.05, 0) is 49.2 Å². The number of aryl methyl sites for hydroxylation is 2. The maximum Gasteiger partial charge on any atom is 0.241 e. The molecule has 0 amide bonds. The Morgan fingerprint density at radius 2 is 1.88 bits per heavy atom. The summed E-state index contributed by atoms with van der Waals surface area (Å²) in [6, 6.07) is 12.8. The number of hydrogen-bond acceptors (Lipinski definition) is 4. The summed E-state index contributed by atoms with van der Waals surface area (Å²) in [6.07, 6.45) is 5.12. The number of rotatable bonds is 5. The minimum absolute atomic E-state index is 0.190. The number of hydrogen-bond donors (Lipinski definition) is 1. The van der Waals surface area contributed by atoms with E-state index in [2.05, 4.69) is 14.7 Å². The van der Waals surface area contributed by atoms with Gasteiger partial charge in [-0.2, -0.15) is 0 Å². The van der Waals surface area contributed by atoms with E-state index in [-0.39, 0.29) is 6.54 Å². The third-order valence-corrected chi connectivity index (χ3v) is 5.43. The molecule has 5 nitrogen and oxygen atoms in total. The molecule has 3 aromatic rings. The first-order valence-electron chi connectivity index (χ1n) is 7.88. The molecule has 0 bridgehead atoms. The van der Waals surface area contributed by atoms with Crippen molar-refractivity contribution in [2.75, 3.05) is 0 Å². The van der Waals surface area contributed by atoms with Crippen molar-refractivity contribution in [3.8, 4) is 11.3 Å². The third-order valence-electron chi connectivity index (χ3n) is 3.87. The smallest absolute Gasteiger partial charge is 0.241 e. The van der Waals surface area contributed by atoms with Crippen LogP contribution >= 0.6 is 0 Å². The van der Waals surface area contributed by atoms with Gasteiger partial charge in [0.1, 0.15) is 0 Å². The van der Waals surface area contributed by atoms with Gasteiger partial charge in [0, 0.05) is 30.7 Å². The molecule has 3 rings (SSSR count). The summed E-state index contributed by atoms with van der Waals surface area (Å²) < 4.78 is 27.6. The van der Waals surface area contributed by atoms with Gasteiger partial charge in [0.25, 0.3) is 0 Å². The highest BCUT2D eigenvalue weighted by molar-refractivity contribution is 7.89. The largest absolute Gasteiger partial charge is 0.264 e. The highest BCUT2D eigenvalue weighted by Gasteiger charge is 2.16. The number of nitrogens with zero attached hydrogens (tertiary/aromatic N) is 2. The highest BCUT2D eigenvalue weighted by Crippen LogP contribution is 2.18. The van der Waals surface area contributed by atoms with Crippen molar-refractivity contribution in [1.82, 2.24) is 14.7 Å². The molecule has 25 heavy (non-hydrogen) atoms. The minimum atomic E-state index is -3.56. The van der Waals surface area contributed by atoms with Crippen LogP contribution < -0.4 is 4.72 Å². The number of aromatic nitrogens is 2. The Balaban J connectivity index is 1.73. The molecule has 128 valence electrons. The van der Waals surface area contributed by atoms with E-state index in [1.807, 2.05) is 37.3 Å². The van der Waals surface area contributed by atoms with Gasteiger partial charge in [-0.1, -0.05) is 23.8 Å². The molecule has 0 spiro atoms. The Bertz CT molecular complexity index is 969. The Labute approximate surface area is 147 Å². The summed E-state index contributed by atoms with van der Waals surface area (Å²) in [7, 11) is -3.56. The van der Waals surface area contributed by atoms with Crippen molar-refractivity contribution in [2.45, 2.75) is 25.3 Å². The predicted molar refractivity (Wildman–Crippen MR) is 97.4 cm³/mol. The quantitative estimate of drug-likeness (QED) is 0.764. The summed E-state index contributed by atoms with van der Waals surface area (Å²) in [4.78, 5) is 8.75. The Morgan fingerprint density at radius 1 is 1.04 bits per heavy atom. The van der Waals surface area contributed by atoms with Crippen molar-refractivity contribution in [2.24, 2.45) is 0 Å². The van der Waals surface area contributed by atoms with Crippen molar-refractivity contribution >= 4 is 10.0 Å². The summed E-state index contributed by atoms with van der Waals surface area (Å²) in [6.45, 7) is 3.92. The molecule has 0 unspecified atom stereocenters. The molecule has 1 aromatic carbocycles. The zero-order valence-corrected chi connectivity index (χ0v) is 14.9. The molecule has 0 aliphatic heterocycles. The molecular weight excluding hydrogens is 334 g/mol. The van der Waals surface area contributed by atoms with Crippen LogP contribution in [-0.4, -0.2) is 18.4 Å². The highest BCUT2D eigenvalue weighted by atomic mass is 32.2. The predicted octanol–water partition coefficient (Wildman–Crippen LogP) is 3.24. The van der Waals surface area contributed by atoms with Gasteiger partial charge in [-0.15, -0.1) is 0 Å². The van der Waals surface area contributed by atoms with Gasteiger partial charge in [0.15, 0.2) is 0 Å². The standard InChI is InChI=1S/C19H19N3O2S/c1-14-5-8-19(15(2)10-14)25(23,24)22-12-16-6-7-18(21-11-16)17-4-3-9-20-13-17/h3-11,13,22H,12H2,1-2H3. The van der Waals surface area contributed by atoms with E-state index < -0.39 is 10.0 Å². The van der Waals surface area contributed by atoms with Crippen LogP contribution in [0.4, 0.5) is 0 Å². The van der Waals surface area contributed by atoms with E-state index in [9.17, 15) is 8.42 Å². The fourth-order valence-corrected chi connectivity index (χ4v) is 3.81. The second-order valence-corrected chi connectivity index (χ2v) is 7.62. The van der Waals surface area contributed by atoms with Crippen LogP contribution in [0.3, 0.4) is 0 Å². The molecule has 0 fully saturated rings. The van der Waals surface area contributed by atoms with E-state index in [0.29, 0.717) is 4.90 Å². The van der Waals surface area contributed by atoms with Gasteiger partial charge >= 0.3 is 0 Å². The summed E-state index contributed by atoms with van der Waals surface area (Å²) in [5.41, 5.74) is 4.28. The Hall–Kier alpha value is -2.57. The summed E-state index contributed by atoms with van der Waals surface area (Å²) >= 11 is 0. The molecule has 6 heteroatoms. The van der Waals surface area contributed by atoms with Gasteiger partial charge in [-0.3, -0.25) is 9.97 Å². The SMILES string of the molecule is Cc1ccc(S(=O)(=O)NCc2ccc(-c3cccnc3)nc2)c(C)c1. The van der Waals surface area contributed by atoms with Crippen molar-refractivity contribution in [3.63, 3.8) is 0 Å². The lowest BCUT2D eigenvalue weighted by Crippen LogP contribution is -2.24. The van der Waals surface area contributed by atoms with E-state index in [4.69, 9.17) is 0 Å². The molecule has 0 radical (unpaired) electrons. The lowest BCUT2D eigenvalue weighted by atomic mass is 10.1. The lowest BCUT2D eigenvalue weighted by Gasteiger charge is -2.10. The zero-order chi connectivity index (χ0) is 17.9. The minimum Gasteiger partial charge on any atom is -0.264 e. The molecule has 2 aromatic heterocycles. The fraction of sp³-hybridized carbons (Fsp3) is 0.158. The molecule has 0 saturated carbocycles. The first-order valence-corrected chi connectivity index (χ1v) is 9.36. The van der Waals surface area contributed by atoms with Crippen LogP contribution in [0.1, 0.15) is 16.7 Å². The molecule has 2 heterocycles. The second kappa shape index (κ2) is 7.13. The van der Waals surface area contributed by atoms with E-state index >= 15 is 0 Å². The van der Waals surface area contributed by atoms with Gasteiger partial charge < -0.3 is 0 Å². The maximum absolute atomic E-state index is 12.5. The van der Waals surface area contributed by atoms with Crippen LogP contribution in [0, 0.1) is 13.8 Å². The van der Waals surface area contributed by atoms with Crippen molar-refractivity contribution < 1.29 is 8.42 Å². The van der Waals surface area contributed by atoms with E-state index in [1.54, 1.807) is 37.6 Å². The van der Waals surface area contributed by atoms with Crippen LogP contribution in [0.15, 0.2) is 66.0 Å². The first kappa shape index (κ1) is 17.3. The number of nitrogens with one attached hydrogen (secondary N) is 1. The Morgan fingerprint density at radius 3 is 2.52 bits per heavy atom. The van der Waals surface area contributed by atoms with Crippen LogP contribution in [0.2, 0.25) is 0 Å². The molecule has 0 saturated heterocycles. The molecular formula is C19H19N3O2S. The number of sulfonamides is 1. The average molecular weight is 353 g/mol. The van der Waals surface area contributed by atoms with E-state index in [0.717, 1.165) is 27.9 Å². The molecule has 0 atom stereocenters. The van der Waals surface area contributed by atoms with Gasteiger partial charge in [-0.25, -0.2) is 13.1 Å². The van der Waals surface area contributed by atoms with Crippen LogP contribution in [0.5, 0.6) is 0 Å². The topological polar surface area (TPSA) is 72.0 Å². The zero-order valence-electron chi connectivity index (χ0n) is 14.1. The molecule has 0 aliphatic rings. The number of pyridine rings is 2. The van der Waals surface area contributed by atoms with Crippen LogP contribution in [0.25, 0.3) is 11.3 Å². The first-order chi connectivity index (χ1) is 12.0. The Kier molecular flexibility index (Phi) is 4.92. The van der Waals surface area contributed by atoms with Crippen LogP contribution in [-0.2, 0) is 16.6 Å². The van der Waals surface area contributed by atoms with Crippen molar-refractivity contribution in [3.05, 3.63) is 77.7 Å². The summed E-state index contributed by atoms with van der Waals surface area (Å²) in [5.74, 6) is 0. The summed E-state index contributed by atoms with van der Waals surface area (Å²) in [5, 5.41) is 0. The van der Waals surface area contributed by atoms with Gasteiger partial charge in [0.2, 0.25) is 10.0 Å². The third kappa shape index (κ3) is 4.10. The second-order valence-electron chi connectivity index (χ2n) is 5.89. The van der Waals surface area contributed by atoms with Gasteiger partial charge in [0.05, 0.1) is 10.6 Å². The molecule has 1 N–H and O–H groups in total. The lowest BCUT2D eigenvalue weighted by molar-refractivity contribution is 0.580. The van der Waals surface area contributed by atoms with Crippen molar-refractivity contribution in [1.29, 1.82) is 0 Å². The average Bonchev–Trinajstić information content (AvgIpc) is 2.61. The molecule has 0 aliphatic carbocycles. The fourth-order valence-electron chi connectivity index (χ4n) is 2.57.